The summed E-state index contributed by atoms with van der Waals surface area (Å²) >= 11 is 0. The summed E-state index contributed by atoms with van der Waals surface area (Å²) in [4.78, 5) is 11.4. The summed E-state index contributed by atoms with van der Waals surface area (Å²) in [6, 6.07) is 0. The Labute approximate surface area is 112 Å². The lowest BCUT2D eigenvalue weighted by Gasteiger charge is -2.44. The summed E-state index contributed by atoms with van der Waals surface area (Å²) in [5.41, 5.74) is -0.765. The first-order chi connectivity index (χ1) is 8.04. The lowest BCUT2D eigenvalue weighted by atomic mass is 9.68. The van der Waals surface area contributed by atoms with Gasteiger partial charge in [-0.15, -0.1) is 0 Å². The number of carbonyl (C=O) groups excluding carboxylic acids is 1. The molecule has 106 valence electrons. The maximum atomic E-state index is 11.4. The Bertz CT molecular complexity index is 290. The van der Waals surface area contributed by atoms with E-state index in [9.17, 15) is 4.79 Å². The van der Waals surface area contributed by atoms with Crippen LogP contribution in [-0.4, -0.2) is 24.3 Å². The van der Waals surface area contributed by atoms with Crippen LogP contribution in [0.1, 0.15) is 48.5 Å². The van der Waals surface area contributed by atoms with Gasteiger partial charge in [-0.05, 0) is 33.6 Å². The Hall–Kier alpha value is -0.830. The Morgan fingerprint density at radius 2 is 1.72 bits per heavy atom. The van der Waals surface area contributed by atoms with Gasteiger partial charge in [-0.1, -0.05) is 27.4 Å². The molecule has 0 heterocycles. The highest BCUT2D eigenvalue weighted by molar-refractivity contribution is 5.81. The van der Waals surface area contributed by atoms with E-state index < -0.39 is 5.60 Å². The van der Waals surface area contributed by atoms with Gasteiger partial charge in [0.2, 0.25) is 0 Å². The fourth-order valence-electron chi connectivity index (χ4n) is 1.56. The van der Waals surface area contributed by atoms with Crippen molar-refractivity contribution in [2.75, 3.05) is 6.61 Å². The number of rotatable bonds is 7. The maximum absolute atomic E-state index is 11.4. The largest absolute Gasteiger partial charge is 0.456 e. The minimum absolute atomic E-state index is 0.194. The molecule has 0 aromatic carbocycles. The van der Waals surface area contributed by atoms with E-state index in [1.54, 1.807) is 0 Å². The van der Waals surface area contributed by atoms with Crippen LogP contribution in [0.4, 0.5) is 0 Å². The van der Waals surface area contributed by atoms with Crippen molar-refractivity contribution in [3.05, 3.63) is 12.7 Å². The average Bonchev–Trinajstić information content (AvgIpc) is 2.24. The molecule has 0 fully saturated rings. The number of hydrogen-bond donors (Lipinski definition) is 0. The first kappa shape index (κ1) is 17.2. The molecular weight excluding hydrogens is 228 g/mol. The van der Waals surface area contributed by atoms with Gasteiger partial charge in [0.1, 0.15) is 5.60 Å². The summed E-state index contributed by atoms with van der Waals surface area (Å²) in [7, 11) is 0. The first-order valence-corrected chi connectivity index (χ1v) is 6.51. The van der Waals surface area contributed by atoms with Crippen molar-refractivity contribution < 1.29 is 14.3 Å². The highest BCUT2D eigenvalue weighted by atomic mass is 16.6. The SMILES string of the molecule is C=CC(=O)OC(C)(C)C(C)(C)C(C)COC(C)C. The predicted molar refractivity (Wildman–Crippen MR) is 74.4 cm³/mol. The second-order valence-corrected chi connectivity index (χ2v) is 6.14. The summed E-state index contributed by atoms with van der Waals surface area (Å²) in [6.07, 6.45) is 1.41. The third-order valence-electron chi connectivity index (χ3n) is 3.99. The number of carbonyl (C=O) groups is 1. The van der Waals surface area contributed by atoms with E-state index in [0.29, 0.717) is 6.61 Å². The zero-order valence-electron chi connectivity index (χ0n) is 12.9. The van der Waals surface area contributed by atoms with E-state index in [1.165, 1.54) is 6.08 Å². The lowest BCUT2D eigenvalue weighted by Crippen LogP contribution is -2.48. The van der Waals surface area contributed by atoms with Crippen molar-refractivity contribution in [2.24, 2.45) is 11.3 Å². The molecular formula is C15H28O3. The van der Waals surface area contributed by atoms with Gasteiger partial charge in [0.25, 0.3) is 0 Å². The Morgan fingerprint density at radius 3 is 2.11 bits per heavy atom. The summed E-state index contributed by atoms with van der Waals surface area (Å²) in [6.45, 7) is 18.3. The monoisotopic (exact) mass is 256 g/mol. The Morgan fingerprint density at radius 1 is 1.22 bits per heavy atom. The molecule has 0 saturated heterocycles. The van der Waals surface area contributed by atoms with Crippen LogP contribution in [0, 0.1) is 11.3 Å². The van der Waals surface area contributed by atoms with Crippen LogP contribution >= 0.6 is 0 Å². The van der Waals surface area contributed by atoms with Gasteiger partial charge >= 0.3 is 5.97 Å². The van der Waals surface area contributed by atoms with Crippen LogP contribution < -0.4 is 0 Å². The number of hydrogen-bond acceptors (Lipinski definition) is 3. The van der Waals surface area contributed by atoms with Crippen LogP contribution in [-0.2, 0) is 14.3 Å². The molecule has 18 heavy (non-hydrogen) atoms. The van der Waals surface area contributed by atoms with E-state index in [0.717, 1.165) is 0 Å². The van der Waals surface area contributed by atoms with E-state index >= 15 is 0 Å². The van der Waals surface area contributed by atoms with Crippen LogP contribution in [0.5, 0.6) is 0 Å². The molecule has 0 aromatic heterocycles. The minimum atomic E-state index is -0.571. The molecule has 1 unspecified atom stereocenters. The molecule has 3 nitrogen and oxygen atoms in total. The minimum Gasteiger partial charge on any atom is -0.456 e. The summed E-state index contributed by atoms with van der Waals surface area (Å²) in [5.74, 6) is -0.113. The molecule has 1 atom stereocenters. The highest BCUT2D eigenvalue weighted by Gasteiger charge is 2.44. The lowest BCUT2D eigenvalue weighted by molar-refractivity contribution is -0.169. The zero-order valence-corrected chi connectivity index (χ0v) is 12.9. The second kappa shape index (κ2) is 6.37. The van der Waals surface area contributed by atoms with E-state index in [-0.39, 0.29) is 23.4 Å². The summed E-state index contributed by atoms with van der Waals surface area (Å²) in [5, 5.41) is 0. The van der Waals surface area contributed by atoms with E-state index in [4.69, 9.17) is 9.47 Å². The van der Waals surface area contributed by atoms with Crippen molar-refractivity contribution >= 4 is 5.97 Å². The summed E-state index contributed by atoms with van der Waals surface area (Å²) < 4.78 is 11.1. The average molecular weight is 256 g/mol. The van der Waals surface area contributed by atoms with Gasteiger partial charge in [0.15, 0.2) is 0 Å². The van der Waals surface area contributed by atoms with Crippen LogP contribution in [0.25, 0.3) is 0 Å². The normalized spacial score (nSPS) is 14.4. The van der Waals surface area contributed by atoms with Gasteiger partial charge in [-0.3, -0.25) is 0 Å². The van der Waals surface area contributed by atoms with Gasteiger partial charge in [-0.2, -0.15) is 0 Å². The van der Waals surface area contributed by atoms with Crippen molar-refractivity contribution in [3.8, 4) is 0 Å². The third-order valence-corrected chi connectivity index (χ3v) is 3.99. The van der Waals surface area contributed by atoms with Crippen molar-refractivity contribution in [3.63, 3.8) is 0 Å². The Balaban J connectivity index is 4.75. The molecule has 0 bridgehead atoms. The van der Waals surface area contributed by atoms with Crippen molar-refractivity contribution in [1.82, 2.24) is 0 Å². The van der Waals surface area contributed by atoms with Crippen LogP contribution in [0.3, 0.4) is 0 Å². The molecule has 3 heteroatoms. The first-order valence-electron chi connectivity index (χ1n) is 6.51. The van der Waals surface area contributed by atoms with Gasteiger partial charge in [0, 0.05) is 11.5 Å². The van der Waals surface area contributed by atoms with Crippen molar-refractivity contribution in [2.45, 2.75) is 60.2 Å². The molecule has 0 aliphatic carbocycles. The molecule has 0 spiro atoms. The smallest absolute Gasteiger partial charge is 0.330 e. The van der Waals surface area contributed by atoms with Crippen LogP contribution in [0.15, 0.2) is 12.7 Å². The van der Waals surface area contributed by atoms with E-state index in [2.05, 4.69) is 27.4 Å². The predicted octanol–water partition coefficient (Wildman–Crippen LogP) is 3.58. The van der Waals surface area contributed by atoms with Crippen LogP contribution in [0.2, 0.25) is 0 Å². The standard InChI is InChI=1S/C15H28O3/c1-9-13(16)18-15(7,8)14(5,6)12(4)10-17-11(2)3/h9,11-12H,1,10H2,2-8H3. The number of esters is 1. The second-order valence-electron chi connectivity index (χ2n) is 6.14. The van der Waals surface area contributed by atoms with Crippen molar-refractivity contribution in [1.29, 1.82) is 0 Å². The fraction of sp³-hybridized carbons (Fsp3) is 0.800. The molecule has 0 saturated carbocycles. The topological polar surface area (TPSA) is 35.5 Å². The third kappa shape index (κ3) is 4.45. The quantitative estimate of drug-likeness (QED) is 0.516. The fourth-order valence-corrected chi connectivity index (χ4v) is 1.56. The maximum Gasteiger partial charge on any atom is 0.330 e. The molecule has 0 radical (unpaired) electrons. The van der Waals surface area contributed by atoms with Gasteiger partial charge < -0.3 is 9.47 Å². The molecule has 0 rings (SSSR count). The van der Waals surface area contributed by atoms with Gasteiger partial charge in [-0.25, -0.2) is 4.79 Å². The van der Waals surface area contributed by atoms with Gasteiger partial charge in [0.05, 0.1) is 12.7 Å². The number of ether oxygens (including phenoxy) is 2. The molecule has 0 amide bonds. The highest BCUT2D eigenvalue weighted by Crippen LogP contribution is 2.40. The molecule has 0 aromatic rings. The molecule has 0 aliphatic rings. The van der Waals surface area contributed by atoms with E-state index in [1.807, 2.05) is 27.7 Å². The Kier molecular flexibility index (Phi) is 6.08. The molecule has 0 N–H and O–H groups in total. The molecule has 0 aliphatic heterocycles. The zero-order chi connectivity index (χ0) is 14.6.